The Kier molecular flexibility index (Phi) is 1.53. The first-order valence-electron chi connectivity index (χ1n) is 4.59. The predicted molar refractivity (Wildman–Crippen MR) is 56.4 cm³/mol. The number of hydrogen-bond donors (Lipinski definition) is 0. The third-order valence-electron chi connectivity index (χ3n) is 2.42. The predicted octanol–water partition coefficient (Wildman–Crippen LogP) is 1.36. The summed E-state index contributed by atoms with van der Waals surface area (Å²) < 4.78 is 0. The first kappa shape index (κ1) is 8.06. The van der Waals surface area contributed by atoms with E-state index in [1.807, 2.05) is 24.3 Å². The number of pyridine rings is 1. The molecule has 0 fully saturated rings. The first-order chi connectivity index (χ1) is 7.36. The molecule has 0 radical (unpaired) electrons. The number of hydrogen-bond acceptors (Lipinski definition) is 4. The van der Waals surface area contributed by atoms with Crippen molar-refractivity contribution in [3.63, 3.8) is 0 Å². The Morgan fingerprint density at radius 3 is 3.13 bits per heavy atom. The number of rotatable bonds is 0. The third kappa shape index (κ3) is 1.17. The van der Waals surface area contributed by atoms with Crippen LogP contribution >= 0.6 is 0 Å². The van der Waals surface area contributed by atoms with Gasteiger partial charge in [0.2, 0.25) is 5.84 Å². The molecule has 15 heavy (non-hydrogen) atoms. The lowest BCUT2D eigenvalue weighted by molar-refractivity contribution is 1.11. The molecule has 0 N–H and O–H groups in total. The molecule has 0 saturated carbocycles. The van der Waals surface area contributed by atoms with E-state index in [0.717, 1.165) is 22.7 Å². The van der Waals surface area contributed by atoms with Crippen molar-refractivity contribution in [2.45, 2.75) is 6.42 Å². The van der Waals surface area contributed by atoms with Gasteiger partial charge in [0.1, 0.15) is 6.07 Å². The fraction of sp³-hybridized carbons (Fsp3) is 0.0909. The summed E-state index contributed by atoms with van der Waals surface area (Å²) in [4.78, 5) is 12.5. The van der Waals surface area contributed by atoms with Crippen LogP contribution < -0.4 is 0 Å². The normalized spacial score (nSPS) is 16.9. The molecule has 2 aliphatic rings. The van der Waals surface area contributed by atoms with Crippen molar-refractivity contribution in [3.8, 4) is 6.07 Å². The number of aromatic nitrogens is 1. The van der Waals surface area contributed by atoms with E-state index >= 15 is 0 Å². The quantitative estimate of drug-likeness (QED) is 0.625. The van der Waals surface area contributed by atoms with E-state index in [-0.39, 0.29) is 5.84 Å². The Morgan fingerprint density at radius 1 is 1.33 bits per heavy atom. The van der Waals surface area contributed by atoms with E-state index < -0.39 is 0 Å². The van der Waals surface area contributed by atoms with Crippen molar-refractivity contribution in [3.05, 3.63) is 35.3 Å². The van der Waals surface area contributed by atoms with Crippen molar-refractivity contribution in [1.29, 1.82) is 5.26 Å². The lowest BCUT2D eigenvalue weighted by Crippen LogP contribution is -2.10. The van der Waals surface area contributed by atoms with Gasteiger partial charge in [-0.15, -0.1) is 0 Å². The van der Waals surface area contributed by atoms with Crippen LogP contribution in [0.5, 0.6) is 0 Å². The maximum Gasteiger partial charge on any atom is 0.233 e. The van der Waals surface area contributed by atoms with E-state index in [4.69, 9.17) is 5.26 Å². The van der Waals surface area contributed by atoms with Gasteiger partial charge in [-0.05, 0) is 17.7 Å². The summed E-state index contributed by atoms with van der Waals surface area (Å²) in [6.45, 7) is 0. The number of fused-ring (bicyclic) bond motifs is 2. The lowest BCUT2D eigenvalue weighted by atomic mass is 9.99. The zero-order chi connectivity index (χ0) is 10.3. The molecule has 70 valence electrons. The van der Waals surface area contributed by atoms with Gasteiger partial charge in [-0.2, -0.15) is 5.26 Å². The highest BCUT2D eigenvalue weighted by atomic mass is 15.0. The Morgan fingerprint density at radius 2 is 2.27 bits per heavy atom. The van der Waals surface area contributed by atoms with Crippen LogP contribution in [0.25, 0.3) is 6.08 Å². The van der Waals surface area contributed by atoms with Crippen LogP contribution in [0.1, 0.15) is 11.3 Å². The van der Waals surface area contributed by atoms with Gasteiger partial charge < -0.3 is 0 Å². The van der Waals surface area contributed by atoms with Gasteiger partial charge in [-0.1, -0.05) is 6.07 Å². The average Bonchev–Trinajstić information content (AvgIpc) is 2.67. The smallest absolute Gasteiger partial charge is 0.233 e. The molecule has 3 rings (SSSR count). The van der Waals surface area contributed by atoms with E-state index in [1.165, 1.54) is 0 Å². The highest BCUT2D eigenvalue weighted by Crippen LogP contribution is 2.24. The second kappa shape index (κ2) is 2.85. The standard InChI is InChI=1S/C11H6N4/c12-6-11-14-9-4-7-2-1-3-13-8(7)5-10(9)15-11/h1-4H,5H2. The Hall–Kier alpha value is -2.28. The molecule has 4 nitrogen and oxygen atoms in total. The van der Waals surface area contributed by atoms with Gasteiger partial charge in [0.25, 0.3) is 0 Å². The average molecular weight is 194 g/mol. The van der Waals surface area contributed by atoms with Gasteiger partial charge in [-0.25, -0.2) is 9.98 Å². The highest BCUT2D eigenvalue weighted by Gasteiger charge is 2.22. The van der Waals surface area contributed by atoms with Gasteiger partial charge in [0.15, 0.2) is 0 Å². The summed E-state index contributed by atoms with van der Waals surface area (Å²) >= 11 is 0. The van der Waals surface area contributed by atoms with Crippen molar-refractivity contribution < 1.29 is 0 Å². The fourth-order valence-electron chi connectivity index (χ4n) is 1.72. The lowest BCUT2D eigenvalue weighted by Gasteiger charge is -2.11. The first-order valence-corrected chi connectivity index (χ1v) is 4.59. The van der Waals surface area contributed by atoms with E-state index in [1.54, 1.807) is 6.20 Å². The Bertz CT molecular complexity index is 572. The molecule has 0 atom stereocenters. The second-order valence-corrected chi connectivity index (χ2v) is 3.35. The molecule has 0 bridgehead atoms. The van der Waals surface area contributed by atoms with Crippen LogP contribution in [0, 0.1) is 11.3 Å². The molecule has 1 aliphatic heterocycles. The number of aliphatic imine (C=N–C) groups is 2. The largest absolute Gasteiger partial charge is 0.260 e. The number of nitriles is 1. The number of amidine groups is 1. The number of allylic oxidation sites excluding steroid dienone is 1. The van der Waals surface area contributed by atoms with Gasteiger partial charge in [0.05, 0.1) is 17.1 Å². The van der Waals surface area contributed by atoms with Crippen LogP contribution in [0.3, 0.4) is 0 Å². The monoisotopic (exact) mass is 194 g/mol. The number of nitrogens with zero attached hydrogens (tertiary/aromatic N) is 4. The topological polar surface area (TPSA) is 61.4 Å². The molecule has 1 aromatic rings. The summed E-state index contributed by atoms with van der Waals surface area (Å²) in [7, 11) is 0. The maximum absolute atomic E-state index is 8.70. The van der Waals surface area contributed by atoms with Crippen LogP contribution in [-0.4, -0.2) is 16.5 Å². The van der Waals surface area contributed by atoms with E-state index in [9.17, 15) is 0 Å². The summed E-state index contributed by atoms with van der Waals surface area (Å²) in [6.07, 6.45) is 4.35. The molecule has 2 heterocycles. The molecule has 0 unspecified atom stereocenters. The second-order valence-electron chi connectivity index (χ2n) is 3.35. The van der Waals surface area contributed by atoms with Crippen molar-refractivity contribution in [2.24, 2.45) is 9.98 Å². The molecule has 0 amide bonds. The molecular weight excluding hydrogens is 188 g/mol. The van der Waals surface area contributed by atoms with Crippen LogP contribution in [0.2, 0.25) is 0 Å². The summed E-state index contributed by atoms with van der Waals surface area (Å²) in [5.74, 6) is 0.240. The Labute approximate surface area is 86.3 Å². The summed E-state index contributed by atoms with van der Waals surface area (Å²) in [5.41, 5.74) is 3.70. The molecule has 1 aromatic heterocycles. The summed E-state index contributed by atoms with van der Waals surface area (Å²) in [5, 5.41) is 8.70. The molecule has 0 saturated heterocycles. The third-order valence-corrected chi connectivity index (χ3v) is 2.42. The SMILES string of the molecule is N#CC1=NC2=Cc3cccnc3CC2=N1. The van der Waals surface area contributed by atoms with Crippen LogP contribution in [0.15, 0.2) is 34.0 Å². The van der Waals surface area contributed by atoms with Gasteiger partial charge >= 0.3 is 0 Å². The van der Waals surface area contributed by atoms with E-state index in [0.29, 0.717) is 6.42 Å². The zero-order valence-electron chi connectivity index (χ0n) is 7.81. The summed E-state index contributed by atoms with van der Waals surface area (Å²) in [6, 6.07) is 5.83. The van der Waals surface area contributed by atoms with E-state index in [2.05, 4.69) is 15.0 Å². The molecule has 4 heteroatoms. The fourth-order valence-corrected chi connectivity index (χ4v) is 1.72. The Balaban J connectivity index is 2.15. The van der Waals surface area contributed by atoms with Crippen molar-refractivity contribution in [2.75, 3.05) is 0 Å². The minimum absolute atomic E-state index is 0.240. The molecular formula is C11H6N4. The maximum atomic E-state index is 8.70. The minimum Gasteiger partial charge on any atom is -0.260 e. The minimum atomic E-state index is 0.240. The van der Waals surface area contributed by atoms with Gasteiger partial charge in [0, 0.05) is 12.6 Å². The van der Waals surface area contributed by atoms with Crippen LogP contribution in [0.4, 0.5) is 0 Å². The molecule has 1 aliphatic carbocycles. The van der Waals surface area contributed by atoms with Crippen LogP contribution in [-0.2, 0) is 6.42 Å². The van der Waals surface area contributed by atoms with Crippen molar-refractivity contribution >= 4 is 17.6 Å². The molecule has 0 spiro atoms. The molecule has 0 aromatic carbocycles. The zero-order valence-corrected chi connectivity index (χ0v) is 7.81. The van der Waals surface area contributed by atoms with Gasteiger partial charge in [-0.3, -0.25) is 4.98 Å². The van der Waals surface area contributed by atoms with Crippen molar-refractivity contribution in [1.82, 2.24) is 4.98 Å². The highest BCUT2D eigenvalue weighted by molar-refractivity contribution is 6.20.